The molecule has 4 rings (SSSR count). The monoisotopic (exact) mass is 679 g/mol. The number of halogens is 2. The molecule has 0 radical (unpaired) electrons. The van der Waals surface area contributed by atoms with Crippen molar-refractivity contribution in [3.8, 4) is 0 Å². The van der Waals surface area contributed by atoms with Gasteiger partial charge >= 0.3 is 0 Å². The van der Waals surface area contributed by atoms with Crippen LogP contribution in [0, 0.1) is 13.8 Å². The molecule has 0 aliphatic carbocycles. The Hall–Kier alpha value is -3.85. The molecule has 0 fully saturated rings. The van der Waals surface area contributed by atoms with Crippen molar-refractivity contribution in [1.82, 2.24) is 10.2 Å². The van der Waals surface area contributed by atoms with E-state index in [4.69, 9.17) is 23.2 Å². The zero-order valence-electron chi connectivity index (χ0n) is 26.4. The summed E-state index contributed by atoms with van der Waals surface area (Å²) in [5.74, 6) is -0.888. The first kappa shape index (κ1) is 35.0. The van der Waals surface area contributed by atoms with Crippen LogP contribution in [0.2, 0.25) is 10.0 Å². The first-order valence-electron chi connectivity index (χ1n) is 15.1. The molecule has 0 bridgehead atoms. The van der Waals surface area contributed by atoms with Crippen LogP contribution in [0.5, 0.6) is 0 Å². The number of sulfonamides is 1. The van der Waals surface area contributed by atoms with E-state index in [1.165, 1.54) is 17.0 Å². The lowest BCUT2D eigenvalue weighted by Gasteiger charge is -2.34. The minimum atomic E-state index is -4.18. The number of carbonyl (C=O) groups is 2. The van der Waals surface area contributed by atoms with E-state index in [1.807, 2.05) is 70.2 Å². The molecule has 0 heterocycles. The van der Waals surface area contributed by atoms with Crippen molar-refractivity contribution in [2.24, 2.45) is 0 Å². The molecule has 242 valence electrons. The zero-order chi connectivity index (χ0) is 33.4. The number of anilines is 1. The van der Waals surface area contributed by atoms with E-state index in [9.17, 15) is 18.0 Å². The fourth-order valence-corrected chi connectivity index (χ4v) is 6.97. The SMILES string of the molecule is CC[C@H](C)NC(=O)[C@@H](Cc1ccccc1)N(Cc1ccc(Cl)c(Cl)c1)C(=O)CN(c1ccc(C)cc1C)S(=O)(=O)c1ccccc1. The highest BCUT2D eigenvalue weighted by Gasteiger charge is 2.35. The number of nitrogens with one attached hydrogen (secondary N) is 1. The second-order valence-corrected chi connectivity index (χ2v) is 14.1. The van der Waals surface area contributed by atoms with Crippen molar-refractivity contribution in [2.75, 3.05) is 10.8 Å². The van der Waals surface area contributed by atoms with Crippen molar-refractivity contribution in [3.05, 3.63) is 129 Å². The number of aryl methyl sites for hydroxylation is 2. The standard InChI is InChI=1S/C36H39Cl2N3O4S/c1-5-27(4)39-36(43)34(22-28-12-8-6-9-13-28)40(23-29-17-18-31(37)32(38)21-29)35(42)24-41(33-19-16-25(2)20-26(33)3)46(44,45)30-14-10-7-11-15-30/h6-21,27,34H,5,22-24H2,1-4H3,(H,39,43)/t27-,34+/m0/s1. The number of amides is 2. The zero-order valence-corrected chi connectivity index (χ0v) is 28.7. The van der Waals surface area contributed by atoms with Gasteiger partial charge in [0.25, 0.3) is 10.0 Å². The quantitative estimate of drug-likeness (QED) is 0.160. The molecular formula is C36H39Cl2N3O4S. The predicted molar refractivity (Wildman–Crippen MR) is 186 cm³/mol. The van der Waals surface area contributed by atoms with Gasteiger partial charge in [0.15, 0.2) is 0 Å². The van der Waals surface area contributed by atoms with Gasteiger partial charge in [-0.05, 0) is 74.2 Å². The van der Waals surface area contributed by atoms with Crippen LogP contribution in [-0.4, -0.2) is 43.8 Å². The Morgan fingerprint density at radius 2 is 1.48 bits per heavy atom. The number of nitrogens with zero attached hydrogens (tertiary/aromatic N) is 2. The molecule has 0 saturated carbocycles. The molecule has 0 aromatic heterocycles. The van der Waals surface area contributed by atoms with Gasteiger partial charge < -0.3 is 10.2 Å². The number of hydrogen-bond acceptors (Lipinski definition) is 4. The normalized spacial score (nSPS) is 12.7. The average molecular weight is 681 g/mol. The molecule has 0 unspecified atom stereocenters. The van der Waals surface area contributed by atoms with E-state index in [-0.39, 0.29) is 29.8 Å². The number of rotatable bonds is 13. The van der Waals surface area contributed by atoms with E-state index >= 15 is 0 Å². The lowest BCUT2D eigenvalue weighted by Crippen LogP contribution is -2.54. The summed E-state index contributed by atoms with van der Waals surface area (Å²) >= 11 is 12.6. The Morgan fingerprint density at radius 3 is 2.09 bits per heavy atom. The van der Waals surface area contributed by atoms with Gasteiger partial charge in [0.05, 0.1) is 20.6 Å². The van der Waals surface area contributed by atoms with Crippen LogP contribution in [0.3, 0.4) is 0 Å². The molecule has 7 nitrogen and oxygen atoms in total. The first-order valence-corrected chi connectivity index (χ1v) is 17.3. The number of benzene rings is 4. The summed E-state index contributed by atoms with van der Waals surface area (Å²) in [6.45, 7) is 7.05. The van der Waals surface area contributed by atoms with E-state index < -0.39 is 28.5 Å². The molecule has 4 aromatic rings. The minimum Gasteiger partial charge on any atom is -0.352 e. The van der Waals surface area contributed by atoms with Crippen molar-refractivity contribution < 1.29 is 18.0 Å². The summed E-state index contributed by atoms with van der Waals surface area (Å²) in [5.41, 5.74) is 3.51. The molecule has 46 heavy (non-hydrogen) atoms. The van der Waals surface area contributed by atoms with Crippen LogP contribution in [0.4, 0.5) is 5.69 Å². The Morgan fingerprint density at radius 1 is 0.826 bits per heavy atom. The van der Waals surface area contributed by atoms with Gasteiger partial charge in [-0.1, -0.05) is 102 Å². The summed E-state index contributed by atoms with van der Waals surface area (Å²) in [5, 5.41) is 3.70. The van der Waals surface area contributed by atoms with Crippen LogP contribution < -0.4 is 9.62 Å². The summed E-state index contributed by atoms with van der Waals surface area (Å²) in [6, 6.07) is 26.8. The van der Waals surface area contributed by atoms with Gasteiger partial charge in [0.1, 0.15) is 12.6 Å². The molecule has 1 N–H and O–H groups in total. The van der Waals surface area contributed by atoms with Crippen LogP contribution in [0.1, 0.15) is 42.5 Å². The second kappa shape index (κ2) is 15.6. The van der Waals surface area contributed by atoms with E-state index in [0.29, 0.717) is 33.3 Å². The van der Waals surface area contributed by atoms with Crippen molar-refractivity contribution in [2.45, 2.75) is 64.1 Å². The molecular weight excluding hydrogens is 641 g/mol. The maximum atomic E-state index is 14.6. The van der Waals surface area contributed by atoms with Gasteiger partial charge in [0.2, 0.25) is 11.8 Å². The van der Waals surface area contributed by atoms with E-state index in [1.54, 1.807) is 42.5 Å². The molecule has 4 aromatic carbocycles. The Labute approximate surface area is 282 Å². The second-order valence-electron chi connectivity index (χ2n) is 11.4. The molecule has 0 aliphatic heterocycles. The van der Waals surface area contributed by atoms with Crippen LogP contribution in [0.25, 0.3) is 0 Å². The Balaban J connectivity index is 1.84. The third-order valence-electron chi connectivity index (χ3n) is 7.84. The molecule has 0 saturated heterocycles. The fourth-order valence-electron chi connectivity index (χ4n) is 5.15. The van der Waals surface area contributed by atoms with E-state index in [0.717, 1.165) is 15.4 Å². The third-order valence-corrected chi connectivity index (χ3v) is 10.4. The number of hydrogen-bond donors (Lipinski definition) is 1. The predicted octanol–water partition coefficient (Wildman–Crippen LogP) is 7.36. The smallest absolute Gasteiger partial charge is 0.264 e. The molecule has 10 heteroatoms. The van der Waals surface area contributed by atoms with Crippen molar-refractivity contribution >= 4 is 50.7 Å². The highest BCUT2D eigenvalue weighted by Crippen LogP contribution is 2.29. The van der Waals surface area contributed by atoms with Gasteiger partial charge in [-0.2, -0.15) is 0 Å². The minimum absolute atomic E-state index is 0.00669. The third kappa shape index (κ3) is 8.69. The molecule has 2 atom stereocenters. The highest BCUT2D eigenvalue weighted by atomic mass is 35.5. The molecule has 0 aliphatic rings. The van der Waals surface area contributed by atoms with Gasteiger partial charge in [0, 0.05) is 19.0 Å². The van der Waals surface area contributed by atoms with Gasteiger partial charge in [-0.15, -0.1) is 0 Å². The average Bonchev–Trinajstić information content (AvgIpc) is 3.04. The maximum Gasteiger partial charge on any atom is 0.264 e. The first-order chi connectivity index (χ1) is 21.9. The highest BCUT2D eigenvalue weighted by molar-refractivity contribution is 7.92. The summed E-state index contributed by atoms with van der Waals surface area (Å²) in [7, 11) is -4.18. The van der Waals surface area contributed by atoms with Crippen molar-refractivity contribution in [3.63, 3.8) is 0 Å². The Bertz CT molecular complexity index is 1770. The molecule has 0 spiro atoms. The number of carbonyl (C=O) groups excluding carboxylic acids is 2. The maximum absolute atomic E-state index is 14.6. The molecule has 2 amide bonds. The van der Waals surface area contributed by atoms with E-state index in [2.05, 4.69) is 5.32 Å². The van der Waals surface area contributed by atoms with Gasteiger partial charge in [-0.25, -0.2) is 8.42 Å². The van der Waals surface area contributed by atoms with Crippen LogP contribution in [0.15, 0.2) is 102 Å². The van der Waals surface area contributed by atoms with Crippen LogP contribution in [-0.2, 0) is 32.6 Å². The lowest BCUT2D eigenvalue weighted by atomic mass is 10.0. The Kier molecular flexibility index (Phi) is 11.9. The largest absolute Gasteiger partial charge is 0.352 e. The summed E-state index contributed by atoms with van der Waals surface area (Å²) in [4.78, 5) is 30.1. The van der Waals surface area contributed by atoms with Gasteiger partial charge in [-0.3, -0.25) is 13.9 Å². The topological polar surface area (TPSA) is 86.8 Å². The summed E-state index contributed by atoms with van der Waals surface area (Å²) < 4.78 is 29.5. The van der Waals surface area contributed by atoms with Crippen LogP contribution >= 0.6 is 23.2 Å². The van der Waals surface area contributed by atoms with Crippen molar-refractivity contribution in [1.29, 1.82) is 0 Å². The fraction of sp³-hybridized carbons (Fsp3) is 0.278. The lowest BCUT2D eigenvalue weighted by molar-refractivity contribution is -0.140. The summed E-state index contributed by atoms with van der Waals surface area (Å²) in [6.07, 6.45) is 0.908.